The Labute approximate surface area is 159 Å². The van der Waals surface area contributed by atoms with E-state index in [1.54, 1.807) is 0 Å². The fraction of sp³-hybridized carbons (Fsp3) is 0. The van der Waals surface area contributed by atoms with Crippen molar-refractivity contribution < 1.29 is 64.4 Å². The monoisotopic (exact) mass is 348 g/mol. The van der Waals surface area contributed by atoms with Gasteiger partial charge in [-0.25, -0.2) is 17.3 Å². The third-order valence-corrected chi connectivity index (χ3v) is 3.67. The summed E-state index contributed by atoms with van der Waals surface area (Å²) in [6.45, 7) is 0. The van der Waals surface area contributed by atoms with Crippen LogP contribution in [0, 0.1) is 0 Å². The van der Waals surface area contributed by atoms with Crippen LogP contribution in [0.4, 0.5) is 0 Å². The van der Waals surface area contributed by atoms with Crippen LogP contribution in [0.3, 0.4) is 0 Å². The maximum atomic E-state index is 11.6. The minimum Gasteiger partial charge on any atom is -0.744 e. The maximum Gasteiger partial charge on any atom is 1.00 e. The van der Waals surface area contributed by atoms with Crippen molar-refractivity contribution in [3.8, 4) is 0 Å². The normalized spacial score (nSPS) is 11.3. The number of benzene rings is 1. The van der Waals surface area contributed by atoms with Gasteiger partial charge in [-0.05, 0) is 18.2 Å². The minimum atomic E-state index is -4.72. The molecule has 2 aromatic rings. The molecule has 0 unspecified atom stereocenters. The van der Waals surface area contributed by atoms with Crippen LogP contribution >= 0.6 is 23.6 Å². The summed E-state index contributed by atoms with van der Waals surface area (Å²) in [5.41, 5.74) is -2.00. The van der Waals surface area contributed by atoms with Gasteiger partial charge in [0.15, 0.2) is 0 Å². The van der Waals surface area contributed by atoms with E-state index < -0.39 is 26.3 Å². The molecule has 0 N–H and O–H groups in total. The number of fused-ring (bicyclic) bond motifs is 1. The van der Waals surface area contributed by atoms with Crippen molar-refractivity contribution in [1.82, 2.24) is 8.17 Å². The van der Waals surface area contributed by atoms with Crippen molar-refractivity contribution in [3.05, 3.63) is 39.0 Å². The van der Waals surface area contributed by atoms with E-state index in [1.807, 2.05) is 0 Å². The van der Waals surface area contributed by atoms with Gasteiger partial charge < -0.3 is 4.55 Å². The van der Waals surface area contributed by atoms with E-state index in [4.69, 9.17) is 23.6 Å². The van der Waals surface area contributed by atoms with Crippen LogP contribution < -0.4 is 62.6 Å². The number of hydrogen-bond acceptors (Lipinski definition) is 5. The Morgan fingerprint density at radius 2 is 1.68 bits per heavy atom. The molecule has 1 heterocycles. The molecule has 0 radical (unpaired) electrons. The molecule has 7 nitrogen and oxygen atoms in total. The molecule has 2 rings (SSSR count). The number of rotatable bonds is 1. The summed E-state index contributed by atoms with van der Waals surface area (Å²) in [6, 6.07) is 2.84. The molecule has 0 atom stereocenters. The fourth-order valence-electron chi connectivity index (χ4n) is 1.39. The topological polar surface area (TPSA) is 101 Å². The quantitative estimate of drug-likeness (QED) is 0.405. The van der Waals surface area contributed by atoms with Gasteiger partial charge in [0, 0.05) is 23.6 Å². The Bertz CT molecular complexity index is 873. The Balaban J connectivity index is 0.00000180. The first-order valence-electron chi connectivity index (χ1n) is 4.33. The Kier molecular flexibility index (Phi) is 5.44. The van der Waals surface area contributed by atoms with Crippen molar-refractivity contribution >= 4 is 44.6 Å². The van der Waals surface area contributed by atoms with Crippen LogP contribution in [-0.4, -0.2) is 21.1 Å². The second-order valence-corrected chi connectivity index (χ2v) is 5.34. The van der Waals surface area contributed by atoms with E-state index in [1.165, 1.54) is 0 Å². The van der Waals surface area contributed by atoms with Crippen LogP contribution in [-0.2, 0) is 10.1 Å². The molecule has 0 fully saturated rings. The average Bonchev–Trinajstić information content (AvgIpc) is 2.32. The molecular formula is C8H3Cl2KN2O5S. The summed E-state index contributed by atoms with van der Waals surface area (Å²) in [6.07, 6.45) is 0. The van der Waals surface area contributed by atoms with Crippen molar-refractivity contribution in [2.24, 2.45) is 0 Å². The van der Waals surface area contributed by atoms with Crippen LogP contribution in [0.25, 0.3) is 10.9 Å². The molecule has 0 aliphatic carbocycles. The third-order valence-electron chi connectivity index (χ3n) is 2.21. The van der Waals surface area contributed by atoms with Gasteiger partial charge in [-0.15, -0.1) is 0 Å². The van der Waals surface area contributed by atoms with Gasteiger partial charge in [0.25, 0.3) is 5.56 Å². The fourth-order valence-corrected chi connectivity index (χ4v) is 2.31. The molecule has 11 heteroatoms. The van der Waals surface area contributed by atoms with E-state index in [-0.39, 0.29) is 66.4 Å². The molecular weight excluding hydrogens is 346 g/mol. The van der Waals surface area contributed by atoms with Gasteiger partial charge in [-0.3, -0.25) is 4.79 Å². The number of aromatic nitrogens is 2. The molecule has 1 aromatic carbocycles. The summed E-state index contributed by atoms with van der Waals surface area (Å²) in [7, 11) is -4.72. The maximum absolute atomic E-state index is 11.6. The zero-order valence-electron chi connectivity index (χ0n) is 9.33. The Morgan fingerprint density at radius 3 is 2.21 bits per heavy atom. The average molecular weight is 349 g/mol. The zero-order chi connectivity index (χ0) is 13.7. The minimum absolute atomic E-state index is 0. The largest absolute Gasteiger partial charge is 1.00 e. The first-order valence-corrected chi connectivity index (χ1v) is 6.42. The molecule has 1 aromatic heterocycles. The van der Waals surface area contributed by atoms with Crippen LogP contribution in [0.15, 0.2) is 32.7 Å². The number of halogens is 2. The van der Waals surface area contributed by atoms with Crippen molar-refractivity contribution in [2.75, 3.05) is 0 Å². The Hall–Kier alpha value is 0.286. The zero-order valence-corrected chi connectivity index (χ0v) is 14.8. The van der Waals surface area contributed by atoms with Gasteiger partial charge in [-0.1, -0.05) is 0 Å². The SMILES string of the molecule is O=c1c2cc(S(=O)(=O)[O-])ccc2n(Cl)c(=O)n1Cl.[K+]. The predicted octanol–water partition coefficient (Wildman–Crippen LogP) is -2.92. The number of hydrogen-bond donors (Lipinski definition) is 0. The van der Waals surface area contributed by atoms with Gasteiger partial charge in [0.1, 0.15) is 10.1 Å². The summed E-state index contributed by atoms with van der Waals surface area (Å²) < 4.78 is 33.2. The predicted molar refractivity (Wildman–Crippen MR) is 62.9 cm³/mol. The molecule has 0 amide bonds. The van der Waals surface area contributed by atoms with Gasteiger partial charge >= 0.3 is 57.1 Å². The van der Waals surface area contributed by atoms with Crippen LogP contribution in [0.2, 0.25) is 0 Å². The summed E-state index contributed by atoms with van der Waals surface area (Å²) in [5.74, 6) is 0. The molecule has 0 aliphatic heterocycles. The first-order chi connectivity index (χ1) is 8.23. The van der Waals surface area contributed by atoms with Crippen molar-refractivity contribution in [1.29, 1.82) is 0 Å². The first kappa shape index (κ1) is 17.3. The van der Waals surface area contributed by atoms with Crippen molar-refractivity contribution in [3.63, 3.8) is 0 Å². The van der Waals surface area contributed by atoms with Crippen molar-refractivity contribution in [2.45, 2.75) is 4.90 Å². The van der Waals surface area contributed by atoms with E-state index in [0.29, 0.717) is 4.09 Å². The molecule has 96 valence electrons. The second kappa shape index (κ2) is 5.96. The van der Waals surface area contributed by atoms with E-state index >= 15 is 0 Å². The molecule has 19 heavy (non-hydrogen) atoms. The smallest absolute Gasteiger partial charge is 0.744 e. The summed E-state index contributed by atoms with van der Waals surface area (Å²) in [5, 5.41) is -0.253. The molecule has 0 aliphatic rings. The molecule has 0 spiro atoms. The van der Waals surface area contributed by atoms with Gasteiger partial charge in [-0.2, -0.15) is 4.09 Å². The third kappa shape index (κ3) is 3.14. The van der Waals surface area contributed by atoms with Crippen LogP contribution in [0.5, 0.6) is 0 Å². The second-order valence-electron chi connectivity index (χ2n) is 3.28. The van der Waals surface area contributed by atoms with E-state index in [9.17, 15) is 22.6 Å². The Morgan fingerprint density at radius 1 is 1.11 bits per heavy atom. The summed E-state index contributed by atoms with van der Waals surface area (Å²) >= 11 is 11.0. The van der Waals surface area contributed by atoms with E-state index in [0.717, 1.165) is 18.2 Å². The molecule has 0 bridgehead atoms. The molecule has 0 saturated heterocycles. The standard InChI is InChI=1S/C8H4Cl2N2O5S.K/c9-11-6-2-1-4(18(15,16)17)3-5(6)7(13)12(10)8(11)14;/h1-3H,(H,15,16,17);/q;+1/p-1. The van der Waals surface area contributed by atoms with Gasteiger partial charge in [0.05, 0.1) is 15.8 Å². The molecule has 0 saturated carbocycles. The van der Waals surface area contributed by atoms with Crippen LogP contribution in [0.1, 0.15) is 0 Å². The van der Waals surface area contributed by atoms with Gasteiger partial charge in [0.2, 0.25) is 0 Å². The van der Waals surface area contributed by atoms with E-state index in [2.05, 4.69) is 0 Å². The number of nitrogens with zero attached hydrogens (tertiary/aromatic N) is 2. The summed E-state index contributed by atoms with van der Waals surface area (Å²) in [4.78, 5) is 22.4.